The molecule has 0 saturated carbocycles. The summed E-state index contributed by atoms with van der Waals surface area (Å²) < 4.78 is 0. The summed E-state index contributed by atoms with van der Waals surface area (Å²) in [5, 5.41) is 14.4. The highest BCUT2D eigenvalue weighted by Crippen LogP contribution is 2.16. The van der Waals surface area contributed by atoms with Crippen molar-refractivity contribution in [2.75, 3.05) is 11.9 Å². The minimum atomic E-state index is -0.294. The van der Waals surface area contributed by atoms with Crippen LogP contribution in [0.5, 0.6) is 0 Å². The Hall–Kier alpha value is -1.99. The average Bonchev–Trinajstić information content (AvgIpc) is 2.30. The van der Waals surface area contributed by atoms with Gasteiger partial charge in [0.2, 0.25) is 0 Å². The smallest absolute Gasteiger partial charge is 0.319 e. The fourth-order valence-electron chi connectivity index (χ4n) is 1.58. The van der Waals surface area contributed by atoms with E-state index in [9.17, 15) is 4.79 Å². The Labute approximate surface area is 120 Å². The first-order chi connectivity index (χ1) is 9.31. The highest BCUT2D eigenvalue weighted by Gasteiger charge is 2.14. The molecule has 0 aliphatic rings. The van der Waals surface area contributed by atoms with Crippen molar-refractivity contribution in [1.29, 1.82) is 0 Å². The molecule has 0 saturated heterocycles. The molecule has 0 unspecified atom stereocenters. The second-order valence-electron chi connectivity index (χ2n) is 5.65. The van der Waals surface area contributed by atoms with Crippen LogP contribution >= 0.6 is 0 Å². The number of aryl methyl sites for hydroxylation is 1. The number of aliphatic hydroxyl groups excluding tert-OH is 1. The van der Waals surface area contributed by atoms with Gasteiger partial charge in [0, 0.05) is 17.5 Å². The molecule has 0 spiro atoms. The number of carbonyl (C=O) groups excluding carboxylic acids is 1. The fraction of sp³-hybridized carbons (Fsp3) is 0.438. The minimum absolute atomic E-state index is 0.0338. The summed E-state index contributed by atoms with van der Waals surface area (Å²) in [5.74, 6) is 5.84. The number of carbonyl (C=O) groups is 1. The van der Waals surface area contributed by atoms with E-state index in [1.165, 1.54) is 0 Å². The molecule has 0 aliphatic carbocycles. The van der Waals surface area contributed by atoms with Crippen molar-refractivity contribution in [3.05, 3.63) is 29.3 Å². The number of anilines is 1. The predicted molar refractivity (Wildman–Crippen MR) is 81.7 cm³/mol. The number of hydrogen-bond acceptors (Lipinski definition) is 2. The van der Waals surface area contributed by atoms with Crippen LogP contribution in [-0.2, 0) is 0 Å². The van der Waals surface area contributed by atoms with Crippen LogP contribution in [0.2, 0.25) is 0 Å². The van der Waals surface area contributed by atoms with Crippen molar-refractivity contribution in [3.8, 4) is 11.8 Å². The molecule has 1 aromatic carbocycles. The van der Waals surface area contributed by atoms with Crippen LogP contribution in [0.1, 0.15) is 38.3 Å². The van der Waals surface area contributed by atoms with Gasteiger partial charge in [-0.1, -0.05) is 17.9 Å². The normalized spacial score (nSPS) is 10.4. The van der Waals surface area contributed by atoms with E-state index in [2.05, 4.69) is 22.5 Å². The standard InChI is InChI=1S/C16H22N2O2/c1-12-8-9-14(13(11-12)7-5-6-10-19)17-15(20)18-16(2,3)4/h8-9,11,19H,6,10H2,1-4H3,(H2,17,18,20). The van der Waals surface area contributed by atoms with E-state index >= 15 is 0 Å². The summed E-state index contributed by atoms with van der Waals surface area (Å²) in [6.07, 6.45) is 0.418. The maximum absolute atomic E-state index is 11.9. The molecule has 4 nitrogen and oxygen atoms in total. The fourth-order valence-corrected chi connectivity index (χ4v) is 1.58. The third-order valence-corrected chi connectivity index (χ3v) is 2.37. The van der Waals surface area contributed by atoms with Gasteiger partial charge in [-0.3, -0.25) is 0 Å². The van der Waals surface area contributed by atoms with E-state index in [1.807, 2.05) is 45.9 Å². The SMILES string of the molecule is Cc1ccc(NC(=O)NC(C)(C)C)c(C#CCCO)c1. The molecule has 1 aromatic rings. The van der Waals surface area contributed by atoms with Gasteiger partial charge in [-0.15, -0.1) is 0 Å². The third kappa shape index (κ3) is 5.77. The lowest BCUT2D eigenvalue weighted by molar-refractivity contribution is 0.244. The van der Waals surface area contributed by atoms with Gasteiger partial charge in [-0.05, 0) is 45.4 Å². The molecular weight excluding hydrogens is 252 g/mol. The molecule has 0 atom stereocenters. The zero-order valence-corrected chi connectivity index (χ0v) is 12.5. The van der Waals surface area contributed by atoms with Crippen LogP contribution in [0.15, 0.2) is 18.2 Å². The van der Waals surface area contributed by atoms with E-state index in [0.717, 1.165) is 11.1 Å². The molecule has 0 aliphatic heterocycles. The lowest BCUT2D eigenvalue weighted by Gasteiger charge is -2.21. The Morgan fingerprint density at radius 3 is 2.65 bits per heavy atom. The molecule has 108 valence electrons. The van der Waals surface area contributed by atoms with Crippen LogP contribution in [-0.4, -0.2) is 23.3 Å². The molecule has 2 amide bonds. The zero-order valence-electron chi connectivity index (χ0n) is 12.5. The first kappa shape index (κ1) is 16.1. The highest BCUT2D eigenvalue weighted by molar-refractivity contribution is 5.91. The Morgan fingerprint density at radius 2 is 2.05 bits per heavy atom. The second kappa shape index (κ2) is 6.97. The van der Waals surface area contributed by atoms with Crippen LogP contribution < -0.4 is 10.6 Å². The maximum atomic E-state index is 11.9. The second-order valence-corrected chi connectivity index (χ2v) is 5.65. The summed E-state index contributed by atoms with van der Waals surface area (Å²) in [4.78, 5) is 11.9. The molecule has 0 fully saturated rings. The number of urea groups is 1. The van der Waals surface area contributed by atoms with Gasteiger partial charge >= 0.3 is 6.03 Å². The van der Waals surface area contributed by atoms with Gasteiger partial charge in [0.1, 0.15) is 0 Å². The molecule has 0 radical (unpaired) electrons. The van der Waals surface area contributed by atoms with E-state index in [4.69, 9.17) is 5.11 Å². The first-order valence-electron chi connectivity index (χ1n) is 6.61. The number of aliphatic hydroxyl groups is 1. The molecule has 4 heteroatoms. The molecule has 0 bridgehead atoms. The largest absolute Gasteiger partial charge is 0.395 e. The van der Waals surface area contributed by atoms with Crippen molar-refractivity contribution in [3.63, 3.8) is 0 Å². The van der Waals surface area contributed by atoms with Gasteiger partial charge in [-0.25, -0.2) is 4.79 Å². The Balaban J connectivity index is 2.90. The van der Waals surface area contributed by atoms with Crippen molar-refractivity contribution >= 4 is 11.7 Å². The van der Waals surface area contributed by atoms with E-state index in [0.29, 0.717) is 12.1 Å². The number of rotatable bonds is 2. The van der Waals surface area contributed by atoms with E-state index in [1.54, 1.807) is 0 Å². The average molecular weight is 274 g/mol. The number of hydrogen-bond donors (Lipinski definition) is 3. The van der Waals surface area contributed by atoms with Crippen LogP contribution in [0.3, 0.4) is 0 Å². The minimum Gasteiger partial charge on any atom is -0.395 e. The molecular formula is C16H22N2O2. The first-order valence-corrected chi connectivity index (χ1v) is 6.61. The van der Waals surface area contributed by atoms with Gasteiger partial charge in [0.15, 0.2) is 0 Å². The molecule has 1 rings (SSSR count). The summed E-state index contributed by atoms with van der Waals surface area (Å²) in [5.41, 5.74) is 2.20. The highest BCUT2D eigenvalue weighted by atomic mass is 16.2. The van der Waals surface area contributed by atoms with E-state index in [-0.39, 0.29) is 18.2 Å². The Morgan fingerprint density at radius 1 is 1.35 bits per heavy atom. The van der Waals surface area contributed by atoms with Gasteiger partial charge in [0.05, 0.1) is 12.3 Å². The van der Waals surface area contributed by atoms with Gasteiger partial charge < -0.3 is 15.7 Å². The van der Waals surface area contributed by atoms with Crippen LogP contribution in [0.4, 0.5) is 10.5 Å². The third-order valence-electron chi connectivity index (χ3n) is 2.37. The van der Waals surface area contributed by atoms with Gasteiger partial charge in [0.25, 0.3) is 0 Å². The number of benzene rings is 1. The van der Waals surface area contributed by atoms with Crippen molar-refractivity contribution in [2.24, 2.45) is 0 Å². The topological polar surface area (TPSA) is 61.4 Å². The lowest BCUT2D eigenvalue weighted by Crippen LogP contribution is -2.43. The predicted octanol–water partition coefficient (Wildman–Crippen LogP) is 2.65. The molecule has 0 aromatic heterocycles. The summed E-state index contributed by atoms with van der Waals surface area (Å²) in [6, 6.07) is 5.41. The number of amides is 2. The number of nitrogens with one attached hydrogen (secondary N) is 2. The van der Waals surface area contributed by atoms with Crippen molar-refractivity contribution in [1.82, 2.24) is 5.32 Å². The molecule has 3 N–H and O–H groups in total. The van der Waals surface area contributed by atoms with Crippen LogP contribution in [0, 0.1) is 18.8 Å². The quantitative estimate of drug-likeness (QED) is 0.726. The summed E-state index contributed by atoms with van der Waals surface area (Å²) >= 11 is 0. The summed E-state index contributed by atoms with van der Waals surface area (Å²) in [7, 11) is 0. The lowest BCUT2D eigenvalue weighted by atomic mass is 10.1. The monoisotopic (exact) mass is 274 g/mol. The summed E-state index contributed by atoms with van der Waals surface area (Å²) in [6.45, 7) is 7.76. The molecule has 0 heterocycles. The van der Waals surface area contributed by atoms with E-state index < -0.39 is 0 Å². The zero-order chi connectivity index (χ0) is 15.2. The van der Waals surface area contributed by atoms with Gasteiger partial charge in [-0.2, -0.15) is 0 Å². The Kier molecular flexibility index (Phi) is 5.60. The molecule has 20 heavy (non-hydrogen) atoms. The Bertz CT molecular complexity index is 534. The van der Waals surface area contributed by atoms with Crippen LogP contribution in [0.25, 0.3) is 0 Å². The van der Waals surface area contributed by atoms with Crippen molar-refractivity contribution < 1.29 is 9.90 Å². The van der Waals surface area contributed by atoms with Crippen molar-refractivity contribution in [2.45, 2.75) is 39.7 Å². The maximum Gasteiger partial charge on any atom is 0.319 e.